The molecule has 1 aliphatic carbocycles. The van der Waals surface area contributed by atoms with Crippen molar-refractivity contribution in [3.05, 3.63) is 0 Å². The SMILES string of the molecule is CN(CCNC1CC1)CC1CCCCS1. The van der Waals surface area contributed by atoms with Crippen LogP contribution in [0.1, 0.15) is 32.1 Å². The van der Waals surface area contributed by atoms with Crippen molar-refractivity contribution in [3.63, 3.8) is 0 Å². The highest BCUT2D eigenvalue weighted by Gasteiger charge is 2.20. The number of thioether (sulfide) groups is 1. The average Bonchev–Trinajstić information content (AvgIpc) is 3.03. The number of hydrogen-bond acceptors (Lipinski definition) is 3. The predicted octanol–water partition coefficient (Wildman–Crippen LogP) is 1.96. The van der Waals surface area contributed by atoms with Gasteiger partial charge in [-0.05, 0) is 38.5 Å². The van der Waals surface area contributed by atoms with E-state index in [0.717, 1.165) is 11.3 Å². The number of likely N-dealkylation sites (N-methyl/N-ethyl adjacent to an activating group) is 1. The van der Waals surface area contributed by atoms with E-state index in [1.165, 1.54) is 57.5 Å². The zero-order valence-electron chi connectivity index (χ0n) is 9.87. The Morgan fingerprint density at radius 1 is 1.27 bits per heavy atom. The van der Waals surface area contributed by atoms with Crippen LogP contribution in [0, 0.1) is 0 Å². The normalized spacial score (nSPS) is 27.2. The maximum Gasteiger partial charge on any atom is 0.0174 e. The summed E-state index contributed by atoms with van der Waals surface area (Å²) in [7, 11) is 2.27. The third kappa shape index (κ3) is 4.75. The van der Waals surface area contributed by atoms with E-state index in [0.29, 0.717) is 0 Å². The monoisotopic (exact) mass is 228 g/mol. The highest BCUT2D eigenvalue weighted by Crippen LogP contribution is 2.25. The molecule has 1 saturated heterocycles. The third-order valence-corrected chi connectivity index (χ3v) is 4.67. The fourth-order valence-electron chi connectivity index (χ4n) is 2.14. The molecule has 1 heterocycles. The van der Waals surface area contributed by atoms with Gasteiger partial charge in [0.15, 0.2) is 0 Å². The van der Waals surface area contributed by atoms with Crippen LogP contribution in [0.15, 0.2) is 0 Å². The Morgan fingerprint density at radius 3 is 2.80 bits per heavy atom. The Kier molecular flexibility index (Phi) is 4.79. The van der Waals surface area contributed by atoms with Crippen LogP contribution in [-0.2, 0) is 0 Å². The Labute approximate surface area is 98.2 Å². The molecule has 1 unspecified atom stereocenters. The van der Waals surface area contributed by atoms with Gasteiger partial charge in [-0.3, -0.25) is 0 Å². The van der Waals surface area contributed by atoms with Gasteiger partial charge in [0, 0.05) is 30.9 Å². The average molecular weight is 228 g/mol. The van der Waals surface area contributed by atoms with Crippen LogP contribution in [0.2, 0.25) is 0 Å². The highest BCUT2D eigenvalue weighted by molar-refractivity contribution is 7.99. The molecule has 0 aromatic carbocycles. The number of nitrogens with zero attached hydrogens (tertiary/aromatic N) is 1. The molecular formula is C12H24N2S. The van der Waals surface area contributed by atoms with Crippen LogP contribution < -0.4 is 5.32 Å². The molecule has 1 atom stereocenters. The molecule has 0 amide bonds. The zero-order valence-corrected chi connectivity index (χ0v) is 10.7. The fraction of sp³-hybridized carbons (Fsp3) is 1.00. The van der Waals surface area contributed by atoms with Gasteiger partial charge in [0.25, 0.3) is 0 Å². The van der Waals surface area contributed by atoms with Crippen molar-refractivity contribution in [1.82, 2.24) is 10.2 Å². The first-order valence-electron chi connectivity index (χ1n) is 6.38. The van der Waals surface area contributed by atoms with E-state index in [-0.39, 0.29) is 0 Å². The van der Waals surface area contributed by atoms with Crippen LogP contribution in [0.3, 0.4) is 0 Å². The summed E-state index contributed by atoms with van der Waals surface area (Å²) in [6.45, 7) is 3.68. The van der Waals surface area contributed by atoms with Gasteiger partial charge in [0.1, 0.15) is 0 Å². The molecule has 2 aliphatic rings. The lowest BCUT2D eigenvalue weighted by Gasteiger charge is -2.26. The first-order chi connectivity index (χ1) is 7.34. The van der Waals surface area contributed by atoms with Crippen molar-refractivity contribution >= 4 is 11.8 Å². The van der Waals surface area contributed by atoms with Gasteiger partial charge < -0.3 is 10.2 Å². The van der Waals surface area contributed by atoms with Crippen LogP contribution in [-0.4, -0.2) is 48.6 Å². The molecule has 0 bridgehead atoms. The smallest absolute Gasteiger partial charge is 0.0174 e. The second-order valence-electron chi connectivity index (χ2n) is 4.98. The van der Waals surface area contributed by atoms with E-state index in [9.17, 15) is 0 Å². The van der Waals surface area contributed by atoms with Gasteiger partial charge in [-0.2, -0.15) is 11.8 Å². The van der Waals surface area contributed by atoms with E-state index >= 15 is 0 Å². The minimum atomic E-state index is 0.863. The van der Waals surface area contributed by atoms with Gasteiger partial charge in [-0.1, -0.05) is 6.42 Å². The molecule has 3 heteroatoms. The van der Waals surface area contributed by atoms with Crippen molar-refractivity contribution < 1.29 is 0 Å². The van der Waals surface area contributed by atoms with Gasteiger partial charge >= 0.3 is 0 Å². The summed E-state index contributed by atoms with van der Waals surface area (Å²) >= 11 is 2.18. The zero-order chi connectivity index (χ0) is 10.5. The first kappa shape index (κ1) is 11.7. The molecule has 1 saturated carbocycles. The lowest BCUT2D eigenvalue weighted by molar-refractivity contribution is 0.325. The molecule has 1 N–H and O–H groups in total. The largest absolute Gasteiger partial charge is 0.313 e. The summed E-state index contributed by atoms with van der Waals surface area (Å²) in [6.07, 6.45) is 7.13. The van der Waals surface area contributed by atoms with Crippen molar-refractivity contribution in [2.45, 2.75) is 43.4 Å². The van der Waals surface area contributed by atoms with Crippen molar-refractivity contribution in [2.75, 3.05) is 32.4 Å². The molecule has 0 aromatic rings. The van der Waals surface area contributed by atoms with E-state index in [1.54, 1.807) is 0 Å². The lowest BCUT2D eigenvalue weighted by Crippen LogP contribution is -2.35. The van der Waals surface area contributed by atoms with Crippen molar-refractivity contribution in [1.29, 1.82) is 0 Å². The molecule has 0 aromatic heterocycles. The Hall–Kier alpha value is 0.270. The second kappa shape index (κ2) is 6.12. The van der Waals surface area contributed by atoms with Crippen molar-refractivity contribution in [3.8, 4) is 0 Å². The summed E-state index contributed by atoms with van der Waals surface area (Å²) < 4.78 is 0. The van der Waals surface area contributed by atoms with Crippen LogP contribution in [0.4, 0.5) is 0 Å². The molecule has 0 radical (unpaired) electrons. The van der Waals surface area contributed by atoms with E-state index in [2.05, 4.69) is 29.0 Å². The van der Waals surface area contributed by atoms with E-state index < -0.39 is 0 Å². The Morgan fingerprint density at radius 2 is 2.13 bits per heavy atom. The second-order valence-corrected chi connectivity index (χ2v) is 6.39. The third-order valence-electron chi connectivity index (χ3n) is 3.29. The minimum Gasteiger partial charge on any atom is -0.313 e. The maximum atomic E-state index is 3.58. The molecule has 15 heavy (non-hydrogen) atoms. The number of hydrogen-bond donors (Lipinski definition) is 1. The molecule has 88 valence electrons. The highest BCUT2D eigenvalue weighted by atomic mass is 32.2. The molecular weight excluding hydrogens is 204 g/mol. The van der Waals surface area contributed by atoms with Crippen molar-refractivity contribution in [2.24, 2.45) is 0 Å². The summed E-state index contributed by atoms with van der Waals surface area (Å²) in [5.74, 6) is 1.39. The predicted molar refractivity (Wildman–Crippen MR) is 68.6 cm³/mol. The molecule has 2 rings (SSSR count). The maximum absolute atomic E-state index is 3.58. The quantitative estimate of drug-likeness (QED) is 0.748. The first-order valence-corrected chi connectivity index (χ1v) is 7.43. The van der Waals surface area contributed by atoms with Crippen LogP contribution in [0.25, 0.3) is 0 Å². The lowest BCUT2D eigenvalue weighted by atomic mass is 10.2. The molecule has 2 nitrogen and oxygen atoms in total. The molecule has 0 spiro atoms. The van der Waals surface area contributed by atoms with Gasteiger partial charge in [0.2, 0.25) is 0 Å². The van der Waals surface area contributed by atoms with Gasteiger partial charge in [0.05, 0.1) is 0 Å². The van der Waals surface area contributed by atoms with Gasteiger partial charge in [-0.25, -0.2) is 0 Å². The number of rotatable bonds is 6. The van der Waals surface area contributed by atoms with Crippen LogP contribution >= 0.6 is 11.8 Å². The summed E-state index contributed by atoms with van der Waals surface area (Å²) in [5.41, 5.74) is 0. The minimum absolute atomic E-state index is 0.863. The summed E-state index contributed by atoms with van der Waals surface area (Å²) in [5, 5.41) is 4.48. The Balaban J connectivity index is 1.51. The number of nitrogens with one attached hydrogen (secondary N) is 1. The summed E-state index contributed by atoms with van der Waals surface area (Å²) in [6, 6.07) is 0.863. The fourth-order valence-corrected chi connectivity index (χ4v) is 3.53. The molecule has 2 fully saturated rings. The summed E-state index contributed by atoms with van der Waals surface area (Å²) in [4.78, 5) is 2.50. The molecule has 1 aliphatic heterocycles. The Bertz CT molecular complexity index is 176. The standard InChI is InChI=1S/C12H24N2S/c1-14(8-7-13-11-5-6-11)10-12-4-2-3-9-15-12/h11-13H,2-10H2,1H3. The van der Waals surface area contributed by atoms with E-state index in [1.807, 2.05) is 0 Å². The van der Waals surface area contributed by atoms with Crippen LogP contribution in [0.5, 0.6) is 0 Å². The topological polar surface area (TPSA) is 15.3 Å². The van der Waals surface area contributed by atoms with Gasteiger partial charge in [-0.15, -0.1) is 0 Å². The van der Waals surface area contributed by atoms with E-state index in [4.69, 9.17) is 0 Å².